The van der Waals surface area contributed by atoms with Crippen molar-refractivity contribution in [2.75, 3.05) is 13.7 Å². The second-order valence-corrected chi connectivity index (χ2v) is 3.20. The summed E-state index contributed by atoms with van der Waals surface area (Å²) in [6.07, 6.45) is 2.23. The second-order valence-electron chi connectivity index (χ2n) is 3.20. The summed E-state index contributed by atoms with van der Waals surface area (Å²) in [6, 6.07) is 0. The summed E-state index contributed by atoms with van der Waals surface area (Å²) in [4.78, 5) is 45.1. The first-order valence-corrected chi connectivity index (χ1v) is 4.66. The van der Waals surface area contributed by atoms with Gasteiger partial charge in [-0.05, 0) is 6.08 Å². The fraction of sp³-hybridized carbons (Fsp3) is 0.400. The van der Waals surface area contributed by atoms with E-state index in [0.29, 0.717) is 0 Å². The highest BCUT2D eigenvalue weighted by molar-refractivity contribution is 6.07. The van der Waals surface area contributed by atoms with Gasteiger partial charge >= 0.3 is 5.97 Å². The number of likely N-dealkylation sites (tertiary alicyclic amines) is 1. The number of amides is 2. The zero-order chi connectivity index (χ0) is 12.1. The van der Waals surface area contributed by atoms with Crippen LogP contribution in [-0.2, 0) is 23.9 Å². The van der Waals surface area contributed by atoms with Gasteiger partial charge in [0.25, 0.3) is 0 Å². The topological polar surface area (TPSA) is 80.8 Å². The van der Waals surface area contributed by atoms with Gasteiger partial charge in [0, 0.05) is 18.9 Å². The van der Waals surface area contributed by atoms with Crippen LogP contribution in [0.3, 0.4) is 0 Å². The Morgan fingerprint density at radius 1 is 1.25 bits per heavy atom. The van der Waals surface area contributed by atoms with Crippen molar-refractivity contribution in [3.05, 3.63) is 12.2 Å². The highest BCUT2D eigenvalue weighted by Gasteiger charge is 2.29. The fourth-order valence-electron chi connectivity index (χ4n) is 1.24. The van der Waals surface area contributed by atoms with Gasteiger partial charge in [0.2, 0.25) is 11.8 Å². The van der Waals surface area contributed by atoms with Crippen molar-refractivity contribution in [1.29, 1.82) is 0 Å². The molecule has 86 valence electrons. The van der Waals surface area contributed by atoms with Crippen LogP contribution in [0.4, 0.5) is 0 Å². The minimum absolute atomic E-state index is 0.146. The summed E-state index contributed by atoms with van der Waals surface area (Å²) >= 11 is 0. The van der Waals surface area contributed by atoms with Gasteiger partial charge in [-0.3, -0.25) is 19.3 Å². The van der Waals surface area contributed by atoms with Gasteiger partial charge in [-0.25, -0.2) is 4.79 Å². The average Bonchev–Trinajstić information content (AvgIpc) is 2.57. The highest BCUT2D eigenvalue weighted by Crippen LogP contribution is 2.10. The molecule has 0 aromatic heterocycles. The second kappa shape index (κ2) is 5.20. The Morgan fingerprint density at radius 2 is 1.81 bits per heavy atom. The third-order valence-corrected chi connectivity index (χ3v) is 2.08. The Kier molecular flexibility index (Phi) is 3.93. The number of ether oxygens (including phenoxy) is 1. The van der Waals surface area contributed by atoms with Gasteiger partial charge in [-0.15, -0.1) is 0 Å². The van der Waals surface area contributed by atoms with Crippen molar-refractivity contribution in [3.63, 3.8) is 0 Å². The molecule has 6 heteroatoms. The molecule has 0 saturated carbocycles. The number of carbonyl (C=O) groups is 4. The minimum atomic E-state index is -0.660. The van der Waals surface area contributed by atoms with Gasteiger partial charge in [-0.1, -0.05) is 0 Å². The van der Waals surface area contributed by atoms with Gasteiger partial charge in [0.1, 0.15) is 0 Å². The minimum Gasteiger partial charge on any atom is -0.466 e. The van der Waals surface area contributed by atoms with Crippen molar-refractivity contribution in [2.24, 2.45) is 0 Å². The van der Waals surface area contributed by atoms with E-state index in [9.17, 15) is 19.2 Å². The molecule has 0 aromatic carbocycles. The predicted molar refractivity (Wildman–Crippen MR) is 52.1 cm³/mol. The Bertz CT molecular complexity index is 355. The summed E-state index contributed by atoms with van der Waals surface area (Å²) in [6.45, 7) is -0.314. The average molecular weight is 225 g/mol. The third-order valence-electron chi connectivity index (χ3n) is 2.08. The van der Waals surface area contributed by atoms with Crippen molar-refractivity contribution >= 4 is 23.6 Å². The third kappa shape index (κ3) is 3.01. The summed E-state index contributed by atoms with van der Waals surface area (Å²) in [5, 5.41) is 0. The van der Waals surface area contributed by atoms with Crippen LogP contribution >= 0.6 is 0 Å². The largest absolute Gasteiger partial charge is 0.466 e. The maximum absolute atomic E-state index is 11.3. The fourth-order valence-corrected chi connectivity index (χ4v) is 1.24. The van der Waals surface area contributed by atoms with Crippen LogP contribution in [0, 0.1) is 0 Å². The molecule has 2 amide bonds. The molecule has 0 unspecified atom stereocenters. The molecule has 16 heavy (non-hydrogen) atoms. The van der Waals surface area contributed by atoms with E-state index < -0.39 is 11.8 Å². The van der Waals surface area contributed by atoms with Crippen LogP contribution in [0.25, 0.3) is 0 Å². The molecule has 1 fully saturated rings. The molecule has 0 bridgehead atoms. The first kappa shape index (κ1) is 12.1. The van der Waals surface area contributed by atoms with Crippen LogP contribution in [0.5, 0.6) is 0 Å². The number of imide groups is 1. The summed E-state index contributed by atoms with van der Waals surface area (Å²) in [7, 11) is 1.19. The SMILES string of the molecule is COC(=O)C=CC(=O)CN1C(=O)CCC1=O. The highest BCUT2D eigenvalue weighted by atomic mass is 16.5. The summed E-state index contributed by atoms with van der Waals surface area (Å²) in [5.41, 5.74) is 0. The van der Waals surface area contributed by atoms with E-state index in [1.165, 1.54) is 7.11 Å². The molecule has 1 saturated heterocycles. The lowest BCUT2D eigenvalue weighted by Crippen LogP contribution is -2.33. The molecule has 0 spiro atoms. The van der Waals surface area contributed by atoms with E-state index in [4.69, 9.17) is 0 Å². The molecule has 0 aliphatic carbocycles. The molecule has 1 aliphatic heterocycles. The van der Waals surface area contributed by atoms with Gasteiger partial charge < -0.3 is 4.74 Å². The molecule has 6 nitrogen and oxygen atoms in total. The number of hydrogen-bond acceptors (Lipinski definition) is 5. The molecule has 1 rings (SSSR count). The van der Waals surface area contributed by atoms with Crippen LogP contribution in [0.2, 0.25) is 0 Å². The summed E-state index contributed by atoms with van der Waals surface area (Å²) in [5.74, 6) is -1.86. The Balaban J connectivity index is 2.51. The number of nitrogens with zero attached hydrogens (tertiary/aromatic N) is 1. The molecule has 1 aliphatic rings. The molecule has 0 N–H and O–H groups in total. The number of carbonyl (C=O) groups excluding carboxylic acids is 4. The Labute approximate surface area is 91.8 Å². The van der Waals surface area contributed by atoms with Gasteiger partial charge in [0.15, 0.2) is 5.78 Å². The number of esters is 1. The number of ketones is 1. The van der Waals surface area contributed by atoms with Crippen molar-refractivity contribution in [2.45, 2.75) is 12.8 Å². The summed E-state index contributed by atoms with van der Waals surface area (Å²) < 4.78 is 4.29. The number of methoxy groups -OCH3 is 1. The monoisotopic (exact) mass is 225 g/mol. The quantitative estimate of drug-likeness (QED) is 0.363. The smallest absolute Gasteiger partial charge is 0.330 e. The molecule has 0 radical (unpaired) electrons. The van der Waals surface area contributed by atoms with Crippen molar-refractivity contribution < 1.29 is 23.9 Å². The number of rotatable bonds is 4. The number of hydrogen-bond donors (Lipinski definition) is 0. The van der Waals surface area contributed by atoms with E-state index in [2.05, 4.69) is 4.74 Å². The zero-order valence-corrected chi connectivity index (χ0v) is 8.76. The lowest BCUT2D eigenvalue weighted by atomic mass is 10.3. The van der Waals surface area contributed by atoms with E-state index in [1.807, 2.05) is 0 Å². The van der Waals surface area contributed by atoms with Crippen LogP contribution in [0.15, 0.2) is 12.2 Å². The van der Waals surface area contributed by atoms with Crippen molar-refractivity contribution in [3.8, 4) is 0 Å². The van der Waals surface area contributed by atoms with Gasteiger partial charge in [0.05, 0.1) is 13.7 Å². The van der Waals surface area contributed by atoms with Crippen LogP contribution < -0.4 is 0 Å². The zero-order valence-electron chi connectivity index (χ0n) is 8.76. The van der Waals surface area contributed by atoms with E-state index in [1.54, 1.807) is 0 Å². The van der Waals surface area contributed by atoms with Gasteiger partial charge in [-0.2, -0.15) is 0 Å². The lowest BCUT2D eigenvalue weighted by molar-refractivity contribution is -0.141. The molecule has 0 aromatic rings. The normalized spacial score (nSPS) is 15.9. The van der Waals surface area contributed by atoms with E-state index >= 15 is 0 Å². The molecular formula is C10H11NO5. The molecule has 0 atom stereocenters. The standard InChI is InChI=1S/C10H11NO5/c1-16-10(15)5-2-7(12)6-11-8(13)3-4-9(11)14/h2,5H,3-4,6H2,1H3. The first-order chi connectivity index (χ1) is 7.54. The Hall–Kier alpha value is -1.98. The Morgan fingerprint density at radius 3 is 2.31 bits per heavy atom. The lowest BCUT2D eigenvalue weighted by Gasteiger charge is -2.10. The predicted octanol–water partition coefficient (Wildman–Crippen LogP) is -0.566. The van der Waals surface area contributed by atoms with Crippen molar-refractivity contribution in [1.82, 2.24) is 4.90 Å². The molecule has 1 heterocycles. The maximum Gasteiger partial charge on any atom is 0.330 e. The van der Waals surface area contributed by atoms with Crippen LogP contribution in [0.1, 0.15) is 12.8 Å². The first-order valence-electron chi connectivity index (χ1n) is 4.66. The maximum atomic E-state index is 11.3. The molecular weight excluding hydrogens is 214 g/mol. The van der Waals surface area contributed by atoms with E-state index in [0.717, 1.165) is 17.1 Å². The van der Waals surface area contributed by atoms with E-state index in [-0.39, 0.29) is 31.2 Å². The van der Waals surface area contributed by atoms with Crippen LogP contribution in [-0.4, -0.2) is 42.1 Å².